The molecule has 1 saturated heterocycles. The molecule has 3 nitrogen and oxygen atoms in total. The number of hydrogen-bond donors (Lipinski definition) is 1. The summed E-state index contributed by atoms with van der Waals surface area (Å²) in [6, 6.07) is 4.72. The van der Waals surface area contributed by atoms with E-state index >= 15 is 0 Å². The van der Waals surface area contributed by atoms with Gasteiger partial charge < -0.3 is 10.1 Å². The second kappa shape index (κ2) is 4.73. The van der Waals surface area contributed by atoms with Crippen LogP contribution in [0.5, 0.6) is 0 Å². The smallest absolute Gasteiger partial charge is 0.101 e. The number of ether oxygens (including phenoxy) is 1. The van der Waals surface area contributed by atoms with Crippen LogP contribution >= 0.6 is 0 Å². The Morgan fingerprint density at radius 1 is 1.47 bits per heavy atom. The van der Waals surface area contributed by atoms with Gasteiger partial charge in [-0.05, 0) is 38.4 Å². The summed E-state index contributed by atoms with van der Waals surface area (Å²) in [6.45, 7) is 2.88. The maximum atomic E-state index is 5.73. The summed E-state index contributed by atoms with van der Waals surface area (Å²) >= 11 is 0. The zero-order chi connectivity index (χ0) is 10.7. The van der Waals surface area contributed by atoms with Gasteiger partial charge in [-0.15, -0.1) is 0 Å². The van der Waals surface area contributed by atoms with Crippen LogP contribution in [0, 0.1) is 6.92 Å². The topological polar surface area (TPSA) is 34.1 Å². The van der Waals surface area contributed by atoms with E-state index in [0.29, 0.717) is 6.04 Å². The molecule has 2 unspecified atom stereocenters. The predicted octanol–water partition coefficient (Wildman–Crippen LogP) is 1.83. The zero-order valence-corrected chi connectivity index (χ0v) is 9.36. The van der Waals surface area contributed by atoms with Gasteiger partial charge in [0.15, 0.2) is 0 Å². The van der Waals surface area contributed by atoms with Crippen molar-refractivity contribution in [1.29, 1.82) is 0 Å². The van der Waals surface area contributed by atoms with Gasteiger partial charge in [0.2, 0.25) is 0 Å². The van der Waals surface area contributed by atoms with Crippen LogP contribution in [-0.2, 0) is 4.74 Å². The monoisotopic (exact) mass is 206 g/mol. The normalized spacial score (nSPS) is 26.5. The molecule has 3 heteroatoms. The van der Waals surface area contributed by atoms with E-state index in [2.05, 4.69) is 29.4 Å². The Balaban J connectivity index is 2.06. The van der Waals surface area contributed by atoms with Gasteiger partial charge in [0.1, 0.15) is 6.10 Å². The average Bonchev–Trinajstić information content (AvgIpc) is 2.30. The van der Waals surface area contributed by atoms with E-state index in [4.69, 9.17) is 4.74 Å². The lowest BCUT2D eigenvalue weighted by Crippen LogP contribution is -2.33. The standard InChI is InChI=1S/C12H18N2O/c1-9-3-4-11(14-8-9)12-7-10(13-2)5-6-15-12/h3-4,8,10,12-13H,5-7H2,1-2H3. The molecule has 0 radical (unpaired) electrons. The lowest BCUT2D eigenvalue weighted by molar-refractivity contribution is -0.000946. The highest BCUT2D eigenvalue weighted by atomic mass is 16.5. The number of aromatic nitrogens is 1. The van der Waals surface area contributed by atoms with Crippen molar-refractivity contribution in [3.05, 3.63) is 29.6 Å². The van der Waals surface area contributed by atoms with Crippen molar-refractivity contribution in [2.45, 2.75) is 31.9 Å². The Hall–Kier alpha value is -0.930. The molecule has 1 aromatic heterocycles. The number of aryl methyl sites for hydroxylation is 1. The largest absolute Gasteiger partial charge is 0.372 e. The van der Waals surface area contributed by atoms with Gasteiger partial charge in [-0.25, -0.2) is 0 Å². The van der Waals surface area contributed by atoms with Gasteiger partial charge in [0.25, 0.3) is 0 Å². The third-order valence-corrected chi connectivity index (χ3v) is 2.96. The molecule has 0 aromatic carbocycles. The quantitative estimate of drug-likeness (QED) is 0.801. The number of hydrogen-bond acceptors (Lipinski definition) is 3. The SMILES string of the molecule is CNC1CCOC(c2ccc(C)cn2)C1. The van der Waals surface area contributed by atoms with Crippen LogP contribution in [0.1, 0.15) is 30.2 Å². The van der Waals surface area contributed by atoms with Crippen molar-refractivity contribution in [1.82, 2.24) is 10.3 Å². The molecule has 0 bridgehead atoms. The Bertz CT molecular complexity index is 310. The van der Waals surface area contributed by atoms with Gasteiger partial charge in [0, 0.05) is 18.8 Å². The molecular weight excluding hydrogens is 188 g/mol. The van der Waals surface area contributed by atoms with Crippen molar-refractivity contribution >= 4 is 0 Å². The van der Waals surface area contributed by atoms with Crippen molar-refractivity contribution in [2.75, 3.05) is 13.7 Å². The summed E-state index contributed by atoms with van der Waals surface area (Å²) in [4.78, 5) is 4.42. The van der Waals surface area contributed by atoms with Crippen LogP contribution < -0.4 is 5.32 Å². The summed E-state index contributed by atoms with van der Waals surface area (Å²) in [5.41, 5.74) is 2.25. The van der Waals surface area contributed by atoms with Gasteiger partial charge in [-0.2, -0.15) is 0 Å². The summed E-state index contributed by atoms with van der Waals surface area (Å²) in [6.07, 6.45) is 4.18. The summed E-state index contributed by atoms with van der Waals surface area (Å²) < 4.78 is 5.73. The molecule has 0 amide bonds. The summed E-state index contributed by atoms with van der Waals surface area (Å²) in [5, 5.41) is 3.31. The van der Waals surface area contributed by atoms with Gasteiger partial charge in [-0.1, -0.05) is 6.07 Å². The summed E-state index contributed by atoms with van der Waals surface area (Å²) in [5.74, 6) is 0. The second-order valence-electron chi connectivity index (χ2n) is 4.13. The van der Waals surface area contributed by atoms with Crippen molar-refractivity contribution in [3.8, 4) is 0 Å². The molecule has 0 saturated carbocycles. The molecule has 0 aliphatic carbocycles. The lowest BCUT2D eigenvalue weighted by Gasteiger charge is -2.28. The van der Waals surface area contributed by atoms with Crippen LogP contribution in [0.4, 0.5) is 0 Å². The fourth-order valence-corrected chi connectivity index (χ4v) is 1.93. The van der Waals surface area contributed by atoms with Crippen molar-refractivity contribution in [2.24, 2.45) is 0 Å². The second-order valence-corrected chi connectivity index (χ2v) is 4.13. The third-order valence-electron chi connectivity index (χ3n) is 2.96. The number of pyridine rings is 1. The van der Waals surface area contributed by atoms with E-state index in [9.17, 15) is 0 Å². The molecule has 1 N–H and O–H groups in total. The molecular formula is C12H18N2O. The van der Waals surface area contributed by atoms with Crippen molar-refractivity contribution < 1.29 is 4.74 Å². The number of rotatable bonds is 2. The molecule has 1 aliphatic rings. The van der Waals surface area contributed by atoms with Gasteiger partial charge in [-0.3, -0.25) is 4.98 Å². The van der Waals surface area contributed by atoms with Crippen LogP contribution in [0.15, 0.2) is 18.3 Å². The van der Waals surface area contributed by atoms with Gasteiger partial charge >= 0.3 is 0 Å². The van der Waals surface area contributed by atoms with Crippen LogP contribution in [0.3, 0.4) is 0 Å². The van der Waals surface area contributed by atoms with E-state index in [1.807, 2.05) is 13.2 Å². The van der Waals surface area contributed by atoms with E-state index in [0.717, 1.165) is 25.1 Å². The summed E-state index contributed by atoms with van der Waals surface area (Å²) in [7, 11) is 2.01. The fourth-order valence-electron chi connectivity index (χ4n) is 1.93. The highest BCUT2D eigenvalue weighted by Gasteiger charge is 2.23. The lowest BCUT2D eigenvalue weighted by atomic mass is 10.0. The Kier molecular flexibility index (Phi) is 3.34. The minimum Gasteiger partial charge on any atom is -0.372 e. The van der Waals surface area contributed by atoms with E-state index in [1.165, 1.54) is 5.56 Å². The van der Waals surface area contributed by atoms with Crippen LogP contribution in [0.25, 0.3) is 0 Å². The molecule has 0 spiro atoms. The molecule has 1 aliphatic heterocycles. The molecule has 82 valence electrons. The number of nitrogens with one attached hydrogen (secondary N) is 1. The number of nitrogens with zero attached hydrogens (tertiary/aromatic N) is 1. The van der Waals surface area contributed by atoms with E-state index in [-0.39, 0.29) is 6.10 Å². The van der Waals surface area contributed by atoms with Crippen LogP contribution in [0.2, 0.25) is 0 Å². The molecule has 2 atom stereocenters. The minimum atomic E-state index is 0.164. The first kappa shape index (κ1) is 10.6. The molecule has 1 aromatic rings. The first-order valence-corrected chi connectivity index (χ1v) is 5.51. The average molecular weight is 206 g/mol. The first-order valence-electron chi connectivity index (χ1n) is 5.51. The maximum Gasteiger partial charge on any atom is 0.101 e. The molecule has 2 heterocycles. The van der Waals surface area contributed by atoms with E-state index < -0.39 is 0 Å². The molecule has 15 heavy (non-hydrogen) atoms. The molecule has 1 fully saturated rings. The highest BCUT2D eigenvalue weighted by molar-refractivity contribution is 5.14. The van der Waals surface area contributed by atoms with Crippen molar-refractivity contribution in [3.63, 3.8) is 0 Å². The van der Waals surface area contributed by atoms with Gasteiger partial charge in [0.05, 0.1) is 5.69 Å². The minimum absolute atomic E-state index is 0.164. The Labute approximate surface area is 90.9 Å². The Morgan fingerprint density at radius 2 is 2.33 bits per heavy atom. The highest BCUT2D eigenvalue weighted by Crippen LogP contribution is 2.26. The first-order chi connectivity index (χ1) is 7.29. The zero-order valence-electron chi connectivity index (χ0n) is 9.36. The Morgan fingerprint density at radius 3 is 3.00 bits per heavy atom. The van der Waals surface area contributed by atoms with E-state index in [1.54, 1.807) is 0 Å². The fraction of sp³-hybridized carbons (Fsp3) is 0.583. The maximum absolute atomic E-state index is 5.73. The predicted molar refractivity (Wildman–Crippen MR) is 59.7 cm³/mol. The molecule has 2 rings (SSSR count). The third kappa shape index (κ3) is 2.55. The van der Waals surface area contributed by atoms with Crippen LogP contribution in [-0.4, -0.2) is 24.7 Å².